The minimum absolute atomic E-state index is 0.165. The Hall–Kier alpha value is -1.10. The van der Waals surface area contributed by atoms with Crippen molar-refractivity contribution in [3.63, 3.8) is 0 Å². The zero-order valence-electron chi connectivity index (χ0n) is 12.1. The molecule has 0 rings (SSSR count). The molecular weight excluding hydrogens is 246 g/mol. The first-order valence-electron chi connectivity index (χ1n) is 7.13. The SMILES string of the molecule is CCCCCCCC(=O)NC(CCCOC)C(=O)O. The summed E-state index contributed by atoms with van der Waals surface area (Å²) < 4.78 is 4.87. The fourth-order valence-electron chi connectivity index (χ4n) is 1.84. The lowest BCUT2D eigenvalue weighted by molar-refractivity contribution is -0.142. The number of amides is 1. The molecule has 112 valence electrons. The van der Waals surface area contributed by atoms with Crippen LogP contribution in [0.4, 0.5) is 0 Å². The van der Waals surface area contributed by atoms with Crippen LogP contribution >= 0.6 is 0 Å². The van der Waals surface area contributed by atoms with Crippen molar-refractivity contribution in [1.29, 1.82) is 0 Å². The van der Waals surface area contributed by atoms with E-state index < -0.39 is 12.0 Å². The average molecular weight is 273 g/mol. The van der Waals surface area contributed by atoms with Gasteiger partial charge in [-0.2, -0.15) is 0 Å². The topological polar surface area (TPSA) is 75.6 Å². The average Bonchev–Trinajstić information content (AvgIpc) is 2.37. The molecule has 0 aliphatic rings. The number of hydrogen-bond donors (Lipinski definition) is 2. The second-order valence-corrected chi connectivity index (χ2v) is 4.76. The molecule has 0 aromatic rings. The predicted molar refractivity (Wildman–Crippen MR) is 74.1 cm³/mol. The van der Waals surface area contributed by atoms with Crippen LogP contribution in [-0.2, 0) is 14.3 Å². The highest BCUT2D eigenvalue weighted by molar-refractivity contribution is 5.83. The molecule has 0 aromatic heterocycles. The lowest BCUT2D eigenvalue weighted by atomic mass is 10.1. The van der Waals surface area contributed by atoms with E-state index in [-0.39, 0.29) is 5.91 Å². The van der Waals surface area contributed by atoms with Crippen molar-refractivity contribution in [1.82, 2.24) is 5.32 Å². The number of carboxylic acids is 1. The fourth-order valence-corrected chi connectivity index (χ4v) is 1.84. The summed E-state index contributed by atoms with van der Waals surface area (Å²) in [6.07, 6.45) is 6.81. The maximum atomic E-state index is 11.6. The smallest absolute Gasteiger partial charge is 0.326 e. The van der Waals surface area contributed by atoms with Gasteiger partial charge in [0.25, 0.3) is 0 Å². The number of carboxylic acid groups (broad SMARTS) is 1. The first kappa shape index (κ1) is 17.9. The van der Waals surface area contributed by atoms with Crippen LogP contribution < -0.4 is 5.32 Å². The van der Waals surface area contributed by atoms with E-state index in [2.05, 4.69) is 12.2 Å². The highest BCUT2D eigenvalue weighted by Crippen LogP contribution is 2.06. The Morgan fingerprint density at radius 1 is 1.16 bits per heavy atom. The third-order valence-electron chi connectivity index (χ3n) is 2.98. The van der Waals surface area contributed by atoms with E-state index in [0.29, 0.717) is 25.9 Å². The van der Waals surface area contributed by atoms with Gasteiger partial charge in [-0.05, 0) is 19.3 Å². The van der Waals surface area contributed by atoms with Crippen molar-refractivity contribution in [2.75, 3.05) is 13.7 Å². The van der Waals surface area contributed by atoms with Crippen LogP contribution in [0.2, 0.25) is 0 Å². The normalized spacial score (nSPS) is 12.1. The van der Waals surface area contributed by atoms with Crippen LogP contribution in [0.1, 0.15) is 58.3 Å². The first-order valence-corrected chi connectivity index (χ1v) is 7.13. The lowest BCUT2D eigenvalue weighted by Crippen LogP contribution is -2.40. The standard InChI is InChI=1S/C14H27NO4/c1-3-4-5-6-7-10-13(16)15-12(14(17)18)9-8-11-19-2/h12H,3-11H2,1-2H3,(H,15,16)(H,17,18). The Morgan fingerprint density at radius 2 is 1.84 bits per heavy atom. The van der Waals surface area contributed by atoms with Crippen molar-refractivity contribution >= 4 is 11.9 Å². The number of hydrogen-bond acceptors (Lipinski definition) is 3. The van der Waals surface area contributed by atoms with Gasteiger partial charge in [-0.25, -0.2) is 4.79 Å². The molecule has 0 saturated heterocycles. The number of methoxy groups -OCH3 is 1. The molecule has 0 aliphatic carbocycles. The number of unbranched alkanes of at least 4 members (excludes halogenated alkanes) is 4. The second-order valence-electron chi connectivity index (χ2n) is 4.76. The zero-order chi connectivity index (χ0) is 14.5. The largest absolute Gasteiger partial charge is 0.480 e. The summed E-state index contributed by atoms with van der Waals surface area (Å²) in [7, 11) is 1.57. The van der Waals surface area contributed by atoms with Gasteiger partial charge in [-0.3, -0.25) is 4.79 Å². The number of rotatable bonds is 12. The van der Waals surface area contributed by atoms with Crippen molar-refractivity contribution in [2.24, 2.45) is 0 Å². The summed E-state index contributed by atoms with van der Waals surface area (Å²) in [5, 5.41) is 11.6. The van der Waals surface area contributed by atoms with E-state index >= 15 is 0 Å². The summed E-state index contributed by atoms with van der Waals surface area (Å²) in [6.45, 7) is 2.65. The maximum absolute atomic E-state index is 11.6. The number of nitrogens with one attached hydrogen (secondary N) is 1. The Kier molecular flexibility index (Phi) is 11.3. The quantitative estimate of drug-likeness (QED) is 0.535. The molecule has 5 nitrogen and oxygen atoms in total. The summed E-state index contributed by atoms with van der Waals surface area (Å²) in [4.78, 5) is 22.6. The van der Waals surface area contributed by atoms with Gasteiger partial charge in [-0.1, -0.05) is 32.6 Å². The molecule has 1 amide bonds. The predicted octanol–water partition coefficient (Wildman–Crippen LogP) is 2.34. The number of carbonyl (C=O) groups excluding carboxylic acids is 1. The molecule has 0 aromatic carbocycles. The highest BCUT2D eigenvalue weighted by Gasteiger charge is 2.18. The molecular formula is C14H27NO4. The van der Waals surface area contributed by atoms with E-state index in [0.717, 1.165) is 19.3 Å². The first-order chi connectivity index (χ1) is 9.11. The minimum Gasteiger partial charge on any atom is -0.480 e. The van der Waals surface area contributed by atoms with E-state index in [4.69, 9.17) is 9.84 Å². The number of carbonyl (C=O) groups is 2. The van der Waals surface area contributed by atoms with Gasteiger partial charge >= 0.3 is 5.97 Å². The van der Waals surface area contributed by atoms with Gasteiger partial charge in [0, 0.05) is 20.1 Å². The van der Waals surface area contributed by atoms with Crippen LogP contribution in [0.3, 0.4) is 0 Å². The molecule has 0 bridgehead atoms. The zero-order valence-corrected chi connectivity index (χ0v) is 12.1. The van der Waals surface area contributed by atoms with Crippen molar-refractivity contribution < 1.29 is 19.4 Å². The van der Waals surface area contributed by atoms with E-state index in [1.807, 2.05) is 0 Å². The molecule has 0 aliphatic heterocycles. The molecule has 1 atom stereocenters. The molecule has 5 heteroatoms. The summed E-state index contributed by atoms with van der Waals surface area (Å²) in [5.74, 6) is -1.14. The van der Waals surface area contributed by atoms with Gasteiger partial charge in [0.15, 0.2) is 0 Å². The Morgan fingerprint density at radius 3 is 2.42 bits per heavy atom. The van der Waals surface area contributed by atoms with E-state index in [9.17, 15) is 9.59 Å². The monoisotopic (exact) mass is 273 g/mol. The molecule has 0 saturated carbocycles. The van der Waals surface area contributed by atoms with Crippen molar-refractivity contribution in [3.05, 3.63) is 0 Å². The van der Waals surface area contributed by atoms with E-state index in [1.165, 1.54) is 12.8 Å². The van der Waals surface area contributed by atoms with Gasteiger partial charge in [0.05, 0.1) is 0 Å². The van der Waals surface area contributed by atoms with Crippen LogP contribution in [0.5, 0.6) is 0 Å². The second kappa shape index (κ2) is 12.0. The summed E-state index contributed by atoms with van der Waals surface area (Å²) in [5.41, 5.74) is 0. The molecule has 2 N–H and O–H groups in total. The number of aliphatic carboxylic acids is 1. The molecule has 0 heterocycles. The Bertz CT molecular complexity index is 256. The molecule has 0 spiro atoms. The van der Waals surface area contributed by atoms with Crippen LogP contribution in [0.15, 0.2) is 0 Å². The van der Waals surface area contributed by atoms with Gasteiger partial charge in [-0.15, -0.1) is 0 Å². The van der Waals surface area contributed by atoms with Crippen LogP contribution in [0.25, 0.3) is 0 Å². The molecule has 19 heavy (non-hydrogen) atoms. The minimum atomic E-state index is -0.976. The summed E-state index contributed by atoms with van der Waals surface area (Å²) >= 11 is 0. The molecule has 1 unspecified atom stereocenters. The van der Waals surface area contributed by atoms with Gasteiger partial charge in [0.1, 0.15) is 6.04 Å². The third kappa shape index (κ3) is 10.5. The molecule has 0 fully saturated rings. The number of ether oxygens (including phenoxy) is 1. The third-order valence-corrected chi connectivity index (χ3v) is 2.98. The highest BCUT2D eigenvalue weighted by atomic mass is 16.5. The van der Waals surface area contributed by atoms with Crippen LogP contribution in [0, 0.1) is 0 Å². The Labute approximate surface area is 115 Å². The fraction of sp³-hybridized carbons (Fsp3) is 0.857. The van der Waals surface area contributed by atoms with Crippen LogP contribution in [-0.4, -0.2) is 36.7 Å². The summed E-state index contributed by atoms with van der Waals surface area (Å²) in [6, 6.07) is -0.793. The van der Waals surface area contributed by atoms with Gasteiger partial charge < -0.3 is 15.2 Å². The maximum Gasteiger partial charge on any atom is 0.326 e. The van der Waals surface area contributed by atoms with E-state index in [1.54, 1.807) is 7.11 Å². The Balaban J connectivity index is 3.80. The van der Waals surface area contributed by atoms with Crippen molar-refractivity contribution in [2.45, 2.75) is 64.3 Å². The molecule has 0 radical (unpaired) electrons. The lowest BCUT2D eigenvalue weighted by Gasteiger charge is -2.14. The van der Waals surface area contributed by atoms with Gasteiger partial charge in [0.2, 0.25) is 5.91 Å². The van der Waals surface area contributed by atoms with Crippen molar-refractivity contribution in [3.8, 4) is 0 Å².